The van der Waals surface area contributed by atoms with E-state index in [4.69, 9.17) is 11.6 Å². The number of hydrogen-bond acceptors (Lipinski definition) is 4. The molecule has 0 aliphatic carbocycles. The van der Waals surface area contributed by atoms with Crippen LogP contribution in [0.2, 0.25) is 5.02 Å². The Bertz CT molecular complexity index is 645. The van der Waals surface area contributed by atoms with Crippen molar-refractivity contribution < 1.29 is 4.79 Å². The third-order valence-electron chi connectivity index (χ3n) is 2.80. The highest BCUT2D eigenvalue weighted by Crippen LogP contribution is 2.20. The third kappa shape index (κ3) is 4.16. The molecule has 2 rings (SSSR count). The Hall–Kier alpha value is -2.14. The van der Waals surface area contributed by atoms with Crippen molar-refractivity contribution in [2.45, 2.75) is 20.3 Å². The van der Waals surface area contributed by atoms with E-state index in [-0.39, 0.29) is 5.91 Å². The van der Waals surface area contributed by atoms with Crippen molar-refractivity contribution in [1.29, 1.82) is 0 Å². The molecule has 0 bridgehead atoms. The molecule has 21 heavy (non-hydrogen) atoms. The molecule has 0 atom stereocenters. The summed E-state index contributed by atoms with van der Waals surface area (Å²) in [5.74, 6) is 0.803. The van der Waals surface area contributed by atoms with E-state index in [0.717, 1.165) is 18.5 Å². The Morgan fingerprint density at radius 2 is 2.14 bits per heavy atom. The molecule has 0 spiro atoms. The van der Waals surface area contributed by atoms with Gasteiger partial charge in [-0.3, -0.25) is 4.79 Å². The van der Waals surface area contributed by atoms with Crippen LogP contribution in [0.15, 0.2) is 30.6 Å². The Kier molecular flexibility index (Phi) is 5.11. The maximum atomic E-state index is 12.1. The topological polar surface area (TPSA) is 66.9 Å². The summed E-state index contributed by atoms with van der Waals surface area (Å²) in [5, 5.41) is 6.24. The van der Waals surface area contributed by atoms with Crippen molar-refractivity contribution in [2.24, 2.45) is 0 Å². The van der Waals surface area contributed by atoms with Crippen LogP contribution in [0, 0.1) is 6.92 Å². The lowest BCUT2D eigenvalue weighted by molar-refractivity contribution is 0.102. The average molecular weight is 305 g/mol. The standard InChI is InChI=1S/C15H17ClN4O/c1-3-5-18-14-12(16)8-11(9-19-14)15(21)20-13-7-10(2)4-6-17-13/h4,6-9H,3,5H2,1-2H3,(H,18,19)(H,17,20,21). The normalized spacial score (nSPS) is 10.2. The molecule has 110 valence electrons. The van der Waals surface area contributed by atoms with E-state index < -0.39 is 0 Å². The molecule has 2 heterocycles. The first-order chi connectivity index (χ1) is 10.1. The molecule has 0 aliphatic rings. The van der Waals surface area contributed by atoms with Crippen LogP contribution in [-0.2, 0) is 0 Å². The number of halogens is 1. The van der Waals surface area contributed by atoms with Gasteiger partial charge in [0.15, 0.2) is 0 Å². The largest absolute Gasteiger partial charge is 0.369 e. The molecule has 2 aromatic rings. The van der Waals surface area contributed by atoms with Gasteiger partial charge >= 0.3 is 0 Å². The number of amides is 1. The van der Waals surface area contributed by atoms with Gasteiger partial charge in [0.25, 0.3) is 5.91 Å². The number of aromatic nitrogens is 2. The highest BCUT2D eigenvalue weighted by Gasteiger charge is 2.10. The number of rotatable bonds is 5. The Morgan fingerprint density at radius 3 is 2.81 bits per heavy atom. The fourth-order valence-corrected chi connectivity index (χ4v) is 1.96. The van der Waals surface area contributed by atoms with Gasteiger partial charge in [-0.05, 0) is 37.1 Å². The smallest absolute Gasteiger partial charge is 0.258 e. The van der Waals surface area contributed by atoms with Gasteiger partial charge in [0.1, 0.15) is 11.6 Å². The fraction of sp³-hybridized carbons (Fsp3) is 0.267. The van der Waals surface area contributed by atoms with Crippen molar-refractivity contribution in [3.63, 3.8) is 0 Å². The number of anilines is 2. The van der Waals surface area contributed by atoms with E-state index in [1.165, 1.54) is 6.20 Å². The highest BCUT2D eigenvalue weighted by atomic mass is 35.5. The molecule has 2 aromatic heterocycles. The Labute approximate surface area is 128 Å². The van der Waals surface area contributed by atoms with Crippen molar-refractivity contribution in [1.82, 2.24) is 9.97 Å². The van der Waals surface area contributed by atoms with Crippen LogP contribution in [0.1, 0.15) is 29.3 Å². The van der Waals surface area contributed by atoms with Gasteiger partial charge in [0.2, 0.25) is 0 Å². The van der Waals surface area contributed by atoms with Crippen LogP contribution in [-0.4, -0.2) is 22.4 Å². The molecule has 0 aliphatic heterocycles. The summed E-state index contributed by atoms with van der Waals surface area (Å²) in [5.41, 5.74) is 1.42. The monoisotopic (exact) mass is 304 g/mol. The number of pyridine rings is 2. The SMILES string of the molecule is CCCNc1ncc(C(=O)Nc2cc(C)ccn2)cc1Cl. The Balaban J connectivity index is 2.11. The molecule has 0 unspecified atom stereocenters. The summed E-state index contributed by atoms with van der Waals surface area (Å²) >= 11 is 6.12. The summed E-state index contributed by atoms with van der Waals surface area (Å²) in [7, 11) is 0. The van der Waals surface area contributed by atoms with Crippen molar-refractivity contribution >= 4 is 29.1 Å². The van der Waals surface area contributed by atoms with Crippen LogP contribution in [0.4, 0.5) is 11.6 Å². The van der Waals surface area contributed by atoms with Gasteiger partial charge in [-0.2, -0.15) is 0 Å². The third-order valence-corrected chi connectivity index (χ3v) is 3.09. The first kappa shape index (κ1) is 15.3. The van der Waals surface area contributed by atoms with Crippen LogP contribution < -0.4 is 10.6 Å². The summed E-state index contributed by atoms with van der Waals surface area (Å²) in [6, 6.07) is 5.25. The average Bonchev–Trinajstić information content (AvgIpc) is 2.46. The number of nitrogens with one attached hydrogen (secondary N) is 2. The summed E-state index contributed by atoms with van der Waals surface area (Å²) < 4.78 is 0. The molecule has 1 amide bonds. The quantitative estimate of drug-likeness (QED) is 0.887. The van der Waals surface area contributed by atoms with Gasteiger partial charge in [-0.1, -0.05) is 18.5 Å². The van der Waals surface area contributed by atoms with E-state index in [9.17, 15) is 4.79 Å². The minimum Gasteiger partial charge on any atom is -0.369 e. The van der Waals surface area contributed by atoms with Crippen LogP contribution in [0.25, 0.3) is 0 Å². The van der Waals surface area contributed by atoms with E-state index in [2.05, 4.69) is 27.5 Å². The number of carbonyl (C=O) groups is 1. The maximum Gasteiger partial charge on any atom is 0.258 e. The molecular weight excluding hydrogens is 288 g/mol. The molecular formula is C15H17ClN4O. The Morgan fingerprint density at radius 1 is 1.33 bits per heavy atom. The minimum atomic E-state index is -0.287. The van der Waals surface area contributed by atoms with E-state index >= 15 is 0 Å². The number of carbonyl (C=O) groups excluding carboxylic acids is 1. The van der Waals surface area contributed by atoms with Crippen molar-refractivity contribution in [2.75, 3.05) is 17.2 Å². The lowest BCUT2D eigenvalue weighted by Gasteiger charge is -2.08. The first-order valence-electron chi connectivity index (χ1n) is 6.73. The van der Waals surface area contributed by atoms with Crippen LogP contribution >= 0.6 is 11.6 Å². The lowest BCUT2D eigenvalue weighted by atomic mass is 10.2. The summed E-state index contributed by atoms with van der Waals surface area (Å²) in [6.45, 7) is 4.77. The minimum absolute atomic E-state index is 0.287. The predicted molar refractivity (Wildman–Crippen MR) is 85.0 cm³/mol. The van der Waals surface area contributed by atoms with E-state index in [1.807, 2.05) is 13.0 Å². The predicted octanol–water partition coefficient (Wildman–Crippen LogP) is 3.51. The molecule has 0 saturated carbocycles. The summed E-state index contributed by atoms with van der Waals surface area (Å²) in [4.78, 5) is 20.4. The van der Waals surface area contributed by atoms with Gasteiger partial charge in [-0.15, -0.1) is 0 Å². The molecule has 6 heteroatoms. The van der Waals surface area contributed by atoms with E-state index in [0.29, 0.717) is 22.2 Å². The number of nitrogens with zero attached hydrogens (tertiary/aromatic N) is 2. The second-order valence-corrected chi connectivity index (χ2v) is 5.06. The molecule has 2 N–H and O–H groups in total. The fourth-order valence-electron chi connectivity index (χ4n) is 1.73. The summed E-state index contributed by atoms with van der Waals surface area (Å²) in [6.07, 6.45) is 4.11. The van der Waals surface area contributed by atoms with Crippen LogP contribution in [0.5, 0.6) is 0 Å². The number of aryl methyl sites for hydroxylation is 1. The molecule has 0 fully saturated rings. The first-order valence-corrected chi connectivity index (χ1v) is 7.11. The van der Waals surface area contributed by atoms with E-state index in [1.54, 1.807) is 18.3 Å². The van der Waals surface area contributed by atoms with Crippen LogP contribution in [0.3, 0.4) is 0 Å². The zero-order valence-corrected chi connectivity index (χ0v) is 12.7. The van der Waals surface area contributed by atoms with Gasteiger partial charge in [0.05, 0.1) is 10.6 Å². The van der Waals surface area contributed by atoms with Crippen molar-refractivity contribution in [3.05, 3.63) is 46.7 Å². The zero-order chi connectivity index (χ0) is 15.2. The zero-order valence-electron chi connectivity index (χ0n) is 12.0. The molecule has 0 aromatic carbocycles. The highest BCUT2D eigenvalue weighted by molar-refractivity contribution is 6.33. The van der Waals surface area contributed by atoms with Crippen molar-refractivity contribution in [3.8, 4) is 0 Å². The molecule has 0 saturated heterocycles. The van der Waals surface area contributed by atoms with Gasteiger partial charge in [-0.25, -0.2) is 9.97 Å². The maximum absolute atomic E-state index is 12.1. The molecule has 0 radical (unpaired) electrons. The van der Waals surface area contributed by atoms with Gasteiger partial charge < -0.3 is 10.6 Å². The lowest BCUT2D eigenvalue weighted by Crippen LogP contribution is -2.14. The number of hydrogen-bond donors (Lipinski definition) is 2. The second-order valence-electron chi connectivity index (χ2n) is 4.65. The molecule has 5 nitrogen and oxygen atoms in total. The van der Waals surface area contributed by atoms with Gasteiger partial charge in [0, 0.05) is 18.9 Å². The second kappa shape index (κ2) is 7.04.